The number of nitrogens with zero attached hydrogens (tertiary/aromatic N) is 3. The summed E-state index contributed by atoms with van der Waals surface area (Å²) >= 11 is 0. The molecule has 0 radical (unpaired) electrons. The third-order valence-corrected chi connectivity index (χ3v) is 3.97. The van der Waals surface area contributed by atoms with Crippen LogP contribution in [-0.2, 0) is 6.54 Å². The third kappa shape index (κ3) is 2.69. The van der Waals surface area contributed by atoms with Crippen LogP contribution in [0.1, 0.15) is 50.4 Å². The van der Waals surface area contributed by atoms with Crippen molar-refractivity contribution in [2.75, 3.05) is 0 Å². The lowest BCUT2D eigenvalue weighted by Crippen LogP contribution is -2.35. The molecule has 1 aliphatic carbocycles. The number of aromatic nitrogens is 3. The number of nitrogens with one attached hydrogen (secondary N) is 1. The molecule has 2 N–H and O–H groups in total. The van der Waals surface area contributed by atoms with Crippen molar-refractivity contribution in [2.24, 2.45) is 0 Å². The second-order valence-electron chi connectivity index (χ2n) is 5.95. The maximum atomic E-state index is 9.81. The molecule has 1 fully saturated rings. The summed E-state index contributed by atoms with van der Waals surface area (Å²) in [7, 11) is 0. The standard InChI is InChI=1S/C15H22N4O/c1-10(2)15-17-14-7-6-11(9-19(14)18-15)8-16-12-4-3-5-13(12)20/h6-7,9-10,12-13,16,20H,3-5,8H2,1-2H3/t12-,13+/m1/s1. The number of aliphatic hydroxyl groups excluding tert-OH is 1. The number of aliphatic hydroxyl groups is 1. The Morgan fingerprint density at radius 1 is 1.40 bits per heavy atom. The maximum Gasteiger partial charge on any atom is 0.155 e. The molecule has 1 saturated carbocycles. The van der Waals surface area contributed by atoms with E-state index in [2.05, 4.69) is 35.3 Å². The minimum absolute atomic E-state index is 0.197. The van der Waals surface area contributed by atoms with Gasteiger partial charge in [-0.25, -0.2) is 9.50 Å². The zero-order valence-corrected chi connectivity index (χ0v) is 12.1. The molecule has 3 rings (SSSR count). The largest absolute Gasteiger partial charge is 0.392 e. The molecule has 0 aromatic carbocycles. The molecular weight excluding hydrogens is 252 g/mol. The van der Waals surface area contributed by atoms with Crippen LogP contribution in [0.25, 0.3) is 5.65 Å². The maximum absolute atomic E-state index is 9.81. The van der Waals surface area contributed by atoms with Gasteiger partial charge in [0.05, 0.1) is 6.10 Å². The zero-order valence-electron chi connectivity index (χ0n) is 12.1. The molecule has 1 aliphatic rings. The normalized spacial score (nSPS) is 23.0. The molecule has 2 aromatic rings. The molecule has 0 bridgehead atoms. The molecule has 0 saturated heterocycles. The van der Waals surface area contributed by atoms with Gasteiger partial charge in [0.1, 0.15) is 0 Å². The first kappa shape index (κ1) is 13.5. The first-order valence-electron chi connectivity index (χ1n) is 7.40. The van der Waals surface area contributed by atoms with Crippen molar-refractivity contribution in [3.05, 3.63) is 29.7 Å². The Balaban J connectivity index is 1.72. The van der Waals surface area contributed by atoms with E-state index in [1.165, 1.54) is 0 Å². The van der Waals surface area contributed by atoms with E-state index < -0.39 is 0 Å². The predicted octanol–water partition coefficient (Wildman–Crippen LogP) is 1.86. The summed E-state index contributed by atoms with van der Waals surface area (Å²) in [5.74, 6) is 1.21. The number of pyridine rings is 1. The Hall–Kier alpha value is -1.46. The first-order chi connectivity index (χ1) is 9.63. The highest BCUT2D eigenvalue weighted by Crippen LogP contribution is 2.19. The summed E-state index contributed by atoms with van der Waals surface area (Å²) in [5.41, 5.74) is 2.05. The SMILES string of the molecule is CC(C)c1nc2ccc(CN[C@@H]3CCC[C@@H]3O)cn2n1. The molecule has 2 aromatic heterocycles. The highest BCUT2D eigenvalue weighted by molar-refractivity contribution is 5.39. The molecule has 5 heteroatoms. The van der Waals surface area contributed by atoms with Crippen LogP contribution in [0.2, 0.25) is 0 Å². The van der Waals surface area contributed by atoms with E-state index in [0.29, 0.717) is 5.92 Å². The van der Waals surface area contributed by atoms with E-state index in [0.717, 1.165) is 42.8 Å². The Kier molecular flexibility index (Phi) is 3.72. The quantitative estimate of drug-likeness (QED) is 0.893. The fraction of sp³-hybridized carbons (Fsp3) is 0.600. The Morgan fingerprint density at radius 3 is 2.95 bits per heavy atom. The van der Waals surface area contributed by atoms with Crippen molar-refractivity contribution in [1.82, 2.24) is 19.9 Å². The van der Waals surface area contributed by atoms with Crippen LogP contribution in [0.3, 0.4) is 0 Å². The summed E-state index contributed by atoms with van der Waals surface area (Å²) in [4.78, 5) is 4.49. The number of hydrogen-bond donors (Lipinski definition) is 2. The van der Waals surface area contributed by atoms with Crippen LogP contribution >= 0.6 is 0 Å². The van der Waals surface area contributed by atoms with Crippen LogP contribution in [0, 0.1) is 0 Å². The van der Waals surface area contributed by atoms with E-state index in [1.807, 2.05) is 16.8 Å². The Bertz CT molecular complexity index is 593. The van der Waals surface area contributed by atoms with Gasteiger partial charge in [-0.15, -0.1) is 0 Å². The van der Waals surface area contributed by atoms with Gasteiger partial charge >= 0.3 is 0 Å². The highest BCUT2D eigenvalue weighted by Gasteiger charge is 2.24. The molecule has 20 heavy (non-hydrogen) atoms. The third-order valence-electron chi connectivity index (χ3n) is 3.97. The van der Waals surface area contributed by atoms with Crippen LogP contribution in [0.5, 0.6) is 0 Å². The van der Waals surface area contributed by atoms with Crippen molar-refractivity contribution in [3.8, 4) is 0 Å². The summed E-state index contributed by atoms with van der Waals surface area (Å²) in [6, 6.07) is 4.30. The number of rotatable bonds is 4. The monoisotopic (exact) mass is 274 g/mol. The van der Waals surface area contributed by atoms with Gasteiger partial charge in [0.15, 0.2) is 11.5 Å². The smallest absolute Gasteiger partial charge is 0.155 e. The Labute approximate surface area is 119 Å². The molecule has 0 amide bonds. The van der Waals surface area contributed by atoms with Gasteiger partial charge in [0.25, 0.3) is 0 Å². The van der Waals surface area contributed by atoms with Gasteiger partial charge in [0, 0.05) is 24.7 Å². The van der Waals surface area contributed by atoms with Crippen molar-refractivity contribution in [3.63, 3.8) is 0 Å². The lowest BCUT2D eigenvalue weighted by Gasteiger charge is -2.16. The number of hydrogen-bond acceptors (Lipinski definition) is 4. The van der Waals surface area contributed by atoms with Crippen LogP contribution in [-0.4, -0.2) is 31.9 Å². The van der Waals surface area contributed by atoms with E-state index in [1.54, 1.807) is 0 Å². The van der Waals surface area contributed by atoms with Gasteiger partial charge in [-0.3, -0.25) is 0 Å². The molecule has 0 spiro atoms. The molecule has 5 nitrogen and oxygen atoms in total. The summed E-state index contributed by atoms with van der Waals surface area (Å²) in [6.45, 7) is 4.95. The molecule has 2 heterocycles. The highest BCUT2D eigenvalue weighted by atomic mass is 16.3. The number of fused-ring (bicyclic) bond motifs is 1. The molecular formula is C15H22N4O. The molecule has 2 atom stereocenters. The van der Waals surface area contributed by atoms with Crippen molar-refractivity contribution in [2.45, 2.75) is 57.7 Å². The second kappa shape index (κ2) is 5.50. The fourth-order valence-electron chi connectivity index (χ4n) is 2.72. The van der Waals surface area contributed by atoms with Gasteiger partial charge in [-0.1, -0.05) is 19.9 Å². The van der Waals surface area contributed by atoms with Crippen LogP contribution in [0.4, 0.5) is 0 Å². The fourth-order valence-corrected chi connectivity index (χ4v) is 2.72. The minimum atomic E-state index is -0.197. The van der Waals surface area contributed by atoms with Crippen molar-refractivity contribution >= 4 is 5.65 Å². The van der Waals surface area contributed by atoms with Crippen LogP contribution in [0.15, 0.2) is 18.3 Å². The van der Waals surface area contributed by atoms with Gasteiger partial charge in [-0.05, 0) is 30.9 Å². The first-order valence-corrected chi connectivity index (χ1v) is 7.40. The van der Waals surface area contributed by atoms with Gasteiger partial charge in [0.2, 0.25) is 0 Å². The van der Waals surface area contributed by atoms with E-state index >= 15 is 0 Å². The minimum Gasteiger partial charge on any atom is -0.392 e. The molecule has 0 aliphatic heterocycles. The van der Waals surface area contributed by atoms with Gasteiger partial charge in [-0.2, -0.15) is 5.10 Å². The molecule has 108 valence electrons. The Morgan fingerprint density at radius 2 is 2.25 bits per heavy atom. The van der Waals surface area contributed by atoms with Gasteiger partial charge < -0.3 is 10.4 Å². The lowest BCUT2D eigenvalue weighted by molar-refractivity contribution is 0.148. The lowest BCUT2D eigenvalue weighted by atomic mass is 10.2. The topological polar surface area (TPSA) is 62.5 Å². The summed E-state index contributed by atoms with van der Waals surface area (Å²) in [5, 5.41) is 17.7. The van der Waals surface area contributed by atoms with Crippen molar-refractivity contribution < 1.29 is 5.11 Å². The van der Waals surface area contributed by atoms with Crippen molar-refractivity contribution in [1.29, 1.82) is 0 Å². The summed E-state index contributed by atoms with van der Waals surface area (Å²) < 4.78 is 1.84. The average molecular weight is 274 g/mol. The average Bonchev–Trinajstić information content (AvgIpc) is 3.01. The van der Waals surface area contributed by atoms with E-state index in [4.69, 9.17) is 0 Å². The second-order valence-corrected chi connectivity index (χ2v) is 5.95. The van der Waals surface area contributed by atoms with E-state index in [9.17, 15) is 5.11 Å². The molecule has 0 unspecified atom stereocenters. The summed E-state index contributed by atoms with van der Waals surface area (Å²) in [6.07, 6.45) is 4.90. The van der Waals surface area contributed by atoms with Crippen LogP contribution < -0.4 is 5.32 Å². The van der Waals surface area contributed by atoms with E-state index in [-0.39, 0.29) is 12.1 Å². The predicted molar refractivity (Wildman–Crippen MR) is 77.6 cm³/mol. The zero-order chi connectivity index (χ0) is 14.1.